The lowest BCUT2D eigenvalue weighted by Gasteiger charge is -2.05. The van der Waals surface area contributed by atoms with Gasteiger partial charge in [-0.1, -0.05) is 29.5 Å². The summed E-state index contributed by atoms with van der Waals surface area (Å²) in [4.78, 5) is 12.4. The molecule has 2 aromatic heterocycles. The molecule has 0 aliphatic heterocycles. The number of nitrogens with one attached hydrogen (secondary N) is 2. The van der Waals surface area contributed by atoms with Gasteiger partial charge in [-0.3, -0.25) is 0 Å². The van der Waals surface area contributed by atoms with Crippen LogP contribution in [-0.2, 0) is 6.54 Å². The summed E-state index contributed by atoms with van der Waals surface area (Å²) in [5.41, 5.74) is 0.748. The van der Waals surface area contributed by atoms with Crippen LogP contribution in [0.4, 0.5) is 10.5 Å². The molecule has 1 aromatic carbocycles. The Morgan fingerprint density at radius 3 is 2.95 bits per heavy atom. The molecule has 2 amide bonds. The molecular formula is C11H10N6OS. The van der Waals surface area contributed by atoms with E-state index in [4.69, 9.17) is 0 Å². The van der Waals surface area contributed by atoms with Crippen molar-refractivity contribution in [1.29, 1.82) is 0 Å². The fourth-order valence-corrected chi connectivity index (χ4v) is 2.28. The van der Waals surface area contributed by atoms with Gasteiger partial charge in [0.15, 0.2) is 0 Å². The summed E-state index contributed by atoms with van der Waals surface area (Å²) in [7, 11) is 0. The number of para-hydroxylation sites is 1. The first-order chi connectivity index (χ1) is 9.31. The van der Waals surface area contributed by atoms with Gasteiger partial charge < -0.3 is 10.6 Å². The van der Waals surface area contributed by atoms with Crippen molar-refractivity contribution in [3.8, 4) is 0 Å². The van der Waals surface area contributed by atoms with Gasteiger partial charge in [0.2, 0.25) is 4.96 Å². The number of benzene rings is 1. The van der Waals surface area contributed by atoms with Crippen LogP contribution in [0.15, 0.2) is 36.7 Å². The van der Waals surface area contributed by atoms with E-state index in [9.17, 15) is 4.79 Å². The van der Waals surface area contributed by atoms with E-state index >= 15 is 0 Å². The molecule has 96 valence electrons. The lowest BCUT2D eigenvalue weighted by molar-refractivity contribution is 0.251. The van der Waals surface area contributed by atoms with E-state index in [1.165, 1.54) is 17.7 Å². The van der Waals surface area contributed by atoms with E-state index in [-0.39, 0.29) is 6.03 Å². The van der Waals surface area contributed by atoms with Crippen LogP contribution in [0.3, 0.4) is 0 Å². The molecule has 0 fully saturated rings. The van der Waals surface area contributed by atoms with Gasteiger partial charge in [-0.2, -0.15) is 9.61 Å². The third-order valence-electron chi connectivity index (χ3n) is 2.36. The number of urea groups is 1. The number of carbonyl (C=O) groups is 1. The van der Waals surface area contributed by atoms with E-state index in [0.717, 1.165) is 10.7 Å². The van der Waals surface area contributed by atoms with Crippen LogP contribution >= 0.6 is 11.3 Å². The van der Waals surface area contributed by atoms with Gasteiger partial charge in [-0.15, -0.1) is 10.2 Å². The largest absolute Gasteiger partial charge is 0.331 e. The van der Waals surface area contributed by atoms with Crippen molar-refractivity contribution < 1.29 is 4.79 Å². The molecule has 2 N–H and O–H groups in total. The average Bonchev–Trinajstić information content (AvgIpc) is 2.98. The summed E-state index contributed by atoms with van der Waals surface area (Å²) in [6, 6.07) is 8.99. The highest BCUT2D eigenvalue weighted by Crippen LogP contribution is 2.11. The van der Waals surface area contributed by atoms with Gasteiger partial charge in [0.1, 0.15) is 11.3 Å². The lowest BCUT2D eigenvalue weighted by Crippen LogP contribution is -2.28. The zero-order chi connectivity index (χ0) is 13.1. The molecule has 0 atom stereocenters. The summed E-state index contributed by atoms with van der Waals surface area (Å²) in [5, 5.41) is 18.0. The second kappa shape index (κ2) is 5.02. The Balaban J connectivity index is 1.57. The Labute approximate surface area is 112 Å². The lowest BCUT2D eigenvalue weighted by atomic mass is 10.3. The van der Waals surface area contributed by atoms with Crippen LogP contribution < -0.4 is 10.6 Å². The summed E-state index contributed by atoms with van der Waals surface area (Å²) < 4.78 is 1.58. The topological polar surface area (TPSA) is 84.2 Å². The quantitative estimate of drug-likeness (QED) is 0.758. The predicted molar refractivity (Wildman–Crippen MR) is 71.0 cm³/mol. The minimum atomic E-state index is -0.267. The average molecular weight is 274 g/mol. The first kappa shape index (κ1) is 11.6. The molecule has 0 radical (unpaired) electrons. The van der Waals surface area contributed by atoms with E-state index in [2.05, 4.69) is 25.9 Å². The Kier molecular flexibility index (Phi) is 3.07. The molecule has 0 spiro atoms. The highest BCUT2D eigenvalue weighted by Gasteiger charge is 2.07. The van der Waals surface area contributed by atoms with Gasteiger partial charge in [-0.05, 0) is 12.1 Å². The maximum atomic E-state index is 11.7. The number of fused-ring (bicyclic) bond motifs is 1. The third-order valence-corrected chi connectivity index (χ3v) is 3.27. The van der Waals surface area contributed by atoms with Crippen molar-refractivity contribution in [3.05, 3.63) is 41.7 Å². The van der Waals surface area contributed by atoms with Crippen molar-refractivity contribution in [1.82, 2.24) is 25.1 Å². The Morgan fingerprint density at radius 2 is 2.16 bits per heavy atom. The summed E-state index contributed by atoms with van der Waals surface area (Å²) in [6.07, 6.45) is 1.53. The highest BCUT2D eigenvalue weighted by molar-refractivity contribution is 7.16. The van der Waals surface area contributed by atoms with Crippen LogP contribution in [0.1, 0.15) is 5.01 Å². The maximum Gasteiger partial charge on any atom is 0.319 e. The van der Waals surface area contributed by atoms with Crippen LogP contribution in [-0.4, -0.2) is 25.8 Å². The van der Waals surface area contributed by atoms with Crippen LogP contribution in [0.25, 0.3) is 4.96 Å². The maximum absolute atomic E-state index is 11.7. The highest BCUT2D eigenvalue weighted by atomic mass is 32.1. The minimum Gasteiger partial charge on any atom is -0.331 e. The molecular weight excluding hydrogens is 264 g/mol. The van der Waals surface area contributed by atoms with Crippen molar-refractivity contribution in [2.75, 3.05) is 5.32 Å². The number of amides is 2. The third kappa shape index (κ3) is 2.68. The molecule has 2 heterocycles. The fourth-order valence-electron chi connectivity index (χ4n) is 1.53. The molecule has 0 saturated heterocycles. The second-order valence-electron chi connectivity index (χ2n) is 3.73. The number of nitrogens with zero attached hydrogens (tertiary/aromatic N) is 4. The molecule has 3 aromatic rings. The van der Waals surface area contributed by atoms with Crippen molar-refractivity contribution in [2.24, 2.45) is 0 Å². The van der Waals surface area contributed by atoms with Gasteiger partial charge in [0.05, 0.1) is 6.54 Å². The molecule has 0 aliphatic rings. The van der Waals surface area contributed by atoms with Gasteiger partial charge in [0.25, 0.3) is 0 Å². The van der Waals surface area contributed by atoms with Crippen molar-refractivity contribution in [3.63, 3.8) is 0 Å². The Bertz CT molecular complexity index is 663. The first-order valence-electron chi connectivity index (χ1n) is 5.57. The minimum absolute atomic E-state index is 0.267. The zero-order valence-corrected chi connectivity index (χ0v) is 10.6. The Hall–Kier alpha value is -2.48. The van der Waals surface area contributed by atoms with Gasteiger partial charge >= 0.3 is 6.03 Å². The normalized spacial score (nSPS) is 10.5. The number of hydrogen-bond acceptors (Lipinski definition) is 5. The molecule has 0 aliphatic carbocycles. The molecule has 8 heteroatoms. The van der Waals surface area contributed by atoms with E-state index in [1.54, 1.807) is 4.52 Å². The van der Waals surface area contributed by atoms with Crippen LogP contribution in [0.2, 0.25) is 0 Å². The molecule has 19 heavy (non-hydrogen) atoms. The molecule has 3 rings (SSSR count). The predicted octanol–water partition coefficient (Wildman–Crippen LogP) is 1.51. The number of hydrogen-bond donors (Lipinski definition) is 2. The SMILES string of the molecule is O=C(NCc1nn2cnnc2s1)Nc1ccccc1. The smallest absolute Gasteiger partial charge is 0.319 e. The fraction of sp³-hybridized carbons (Fsp3) is 0.0909. The standard InChI is InChI=1S/C11H10N6OS/c18-10(14-8-4-2-1-3-5-8)12-6-9-16-17-7-13-15-11(17)19-9/h1-5,7H,6H2,(H2,12,14,18). The van der Waals surface area contributed by atoms with Crippen LogP contribution in [0.5, 0.6) is 0 Å². The van der Waals surface area contributed by atoms with E-state index in [0.29, 0.717) is 11.5 Å². The van der Waals surface area contributed by atoms with Gasteiger partial charge in [-0.25, -0.2) is 4.79 Å². The van der Waals surface area contributed by atoms with E-state index < -0.39 is 0 Å². The first-order valence-corrected chi connectivity index (χ1v) is 6.38. The molecule has 7 nitrogen and oxygen atoms in total. The monoisotopic (exact) mass is 274 g/mol. The second-order valence-corrected chi connectivity index (χ2v) is 4.77. The molecule has 0 unspecified atom stereocenters. The molecule has 0 saturated carbocycles. The van der Waals surface area contributed by atoms with E-state index in [1.807, 2.05) is 30.3 Å². The number of rotatable bonds is 3. The van der Waals surface area contributed by atoms with Gasteiger partial charge in [0, 0.05) is 5.69 Å². The summed E-state index contributed by atoms with van der Waals surface area (Å²) in [6.45, 7) is 0.354. The summed E-state index contributed by atoms with van der Waals surface area (Å²) in [5.74, 6) is 0. The number of carbonyl (C=O) groups excluding carboxylic acids is 1. The van der Waals surface area contributed by atoms with Crippen molar-refractivity contribution in [2.45, 2.75) is 6.54 Å². The number of anilines is 1. The van der Waals surface area contributed by atoms with Crippen molar-refractivity contribution >= 4 is 28.0 Å². The summed E-state index contributed by atoms with van der Waals surface area (Å²) >= 11 is 1.39. The molecule has 0 bridgehead atoms. The zero-order valence-electron chi connectivity index (χ0n) is 9.78. The van der Waals surface area contributed by atoms with Crippen LogP contribution in [0, 0.1) is 0 Å². The number of aromatic nitrogens is 4. The Morgan fingerprint density at radius 1 is 1.32 bits per heavy atom.